The maximum absolute atomic E-state index is 14.5. The molecule has 0 spiro atoms. The van der Waals surface area contributed by atoms with Crippen molar-refractivity contribution in [2.45, 2.75) is 221 Å². The molecular weight excluding hydrogens is 1760 g/mol. The highest BCUT2D eigenvalue weighted by molar-refractivity contribution is 7.23. The first kappa shape index (κ1) is 103. The summed E-state index contributed by atoms with van der Waals surface area (Å²) in [4.78, 5) is 93.6. The molecule has 2 aliphatic rings. The fraction of sp³-hybridized carbons (Fsp3) is 0.457. The van der Waals surface area contributed by atoms with Gasteiger partial charge in [0, 0.05) is 42.9 Å². The highest BCUT2D eigenvalue weighted by atomic mass is 32.1. The maximum Gasteiger partial charge on any atom is 0.330 e. The van der Waals surface area contributed by atoms with Crippen molar-refractivity contribution < 1.29 is 80.9 Å². The molecule has 0 radical (unpaired) electrons. The molecule has 2 aliphatic carbocycles. The van der Waals surface area contributed by atoms with Crippen LogP contribution in [0.4, 0.5) is 15.4 Å². The summed E-state index contributed by atoms with van der Waals surface area (Å²) in [5.74, 6) is 7.01. The lowest BCUT2D eigenvalue weighted by molar-refractivity contribution is -0.145. The van der Waals surface area contributed by atoms with E-state index in [0.29, 0.717) is 167 Å². The number of rotatable bonds is 55. The molecule has 2 fully saturated rings. The lowest BCUT2D eigenvalue weighted by Crippen LogP contribution is -2.31. The minimum Gasteiger partial charge on any atom is -0.494 e. The molecule has 0 atom stereocenters. The number of ether oxygens (including phenoxy) is 11. The minimum absolute atomic E-state index is 0.294. The molecule has 10 aromatic rings. The van der Waals surface area contributed by atoms with Gasteiger partial charge in [0.05, 0.1) is 113 Å². The van der Waals surface area contributed by atoms with E-state index < -0.39 is 47.5 Å². The van der Waals surface area contributed by atoms with Crippen LogP contribution in [0.25, 0.3) is 41.8 Å². The van der Waals surface area contributed by atoms with E-state index in [4.69, 9.17) is 78.1 Å². The predicted octanol–water partition coefficient (Wildman–Crippen LogP) is 24.1. The van der Waals surface area contributed by atoms with E-state index in [-0.39, 0.29) is 11.9 Å². The summed E-state index contributed by atoms with van der Waals surface area (Å²) in [7, 11) is 0. The van der Waals surface area contributed by atoms with Crippen LogP contribution < -0.4 is 63.5 Å². The summed E-state index contributed by atoms with van der Waals surface area (Å²) < 4.78 is 66.8. The number of carbonyl (C=O) groups excluding carboxylic acids is 6. The number of unbranched alkanes of at least 4 members (excludes halogenated alkanes) is 15. The molecule has 3 aromatic heterocycles. The van der Waals surface area contributed by atoms with Gasteiger partial charge in [-0.3, -0.25) is 24.2 Å². The van der Waals surface area contributed by atoms with E-state index >= 15 is 0 Å². The van der Waals surface area contributed by atoms with E-state index in [1.807, 2.05) is 110 Å². The molecule has 2 N–H and O–H groups in total. The van der Waals surface area contributed by atoms with Crippen LogP contribution in [-0.4, -0.2) is 129 Å². The average molecular weight is 1890 g/mol. The van der Waals surface area contributed by atoms with Crippen LogP contribution in [0.2, 0.25) is 0 Å². The SMILES string of the molecule is C=CC(=O)OCCCCCCOc1ccc(OC(=O)C2CCC(C(=O)Oc3ccc(-c4ccc(OC(=O)C5CCC(C(=O)Oc6ccc(OCCCCCCOC(=O)C=C)cc6)CC5)c(/C=N/N(CCCCCC)c5nc6ccc(OCC)cc6s5)c4)cc3/C=N/N(CCCCCC)c3nc4ccc(OCC)cc4s3)CC2)cc1.CCCCCCN(N)c1nc2ccc(OCC)cc2s1. The van der Waals surface area contributed by atoms with Crippen LogP contribution in [0, 0.1) is 23.7 Å². The number of hydrogen-bond acceptors (Lipinski definition) is 29. The number of carbonyl (C=O) groups is 6. The zero-order valence-electron chi connectivity index (χ0n) is 78.5. The highest BCUT2D eigenvalue weighted by Crippen LogP contribution is 2.40. The Hall–Kier alpha value is -11.8. The van der Waals surface area contributed by atoms with E-state index in [0.717, 1.165) is 192 Å². The Morgan fingerprint density at radius 2 is 0.672 bits per heavy atom. The fourth-order valence-electron chi connectivity index (χ4n) is 15.6. The number of fused-ring (bicyclic) bond motifs is 3. The molecule has 2 saturated carbocycles. The number of anilines is 3. The Bertz CT molecular complexity index is 5170. The van der Waals surface area contributed by atoms with Gasteiger partial charge in [0.15, 0.2) is 0 Å². The van der Waals surface area contributed by atoms with Crippen LogP contribution >= 0.6 is 34.0 Å². The van der Waals surface area contributed by atoms with Crippen LogP contribution in [0.1, 0.15) is 232 Å². The lowest BCUT2D eigenvalue weighted by atomic mass is 9.82. The van der Waals surface area contributed by atoms with Gasteiger partial charge >= 0.3 is 35.8 Å². The molecule has 3 heterocycles. The normalized spacial score (nSPS) is 14.8. The number of hydrazine groups is 1. The quantitative estimate of drug-likeness (QED) is 0.00704. The van der Waals surface area contributed by atoms with Crippen molar-refractivity contribution >= 4 is 128 Å². The van der Waals surface area contributed by atoms with Gasteiger partial charge in [0.25, 0.3) is 0 Å². The van der Waals surface area contributed by atoms with Crippen molar-refractivity contribution in [2.75, 3.05) is 80.9 Å². The third-order valence-electron chi connectivity index (χ3n) is 23.1. The Kier molecular flexibility index (Phi) is 42.8. The van der Waals surface area contributed by atoms with Gasteiger partial charge in [-0.2, -0.15) is 10.2 Å². The molecule has 0 unspecified atom stereocenters. The summed E-state index contributed by atoms with van der Waals surface area (Å²) >= 11 is 4.66. The molecule has 0 aliphatic heterocycles. The van der Waals surface area contributed by atoms with Gasteiger partial charge in [-0.05, 0) is 281 Å². The number of esters is 6. The first-order valence-electron chi connectivity index (χ1n) is 47.9. The standard InChI is InChI=1S/C90H108N6O16S2.C15H23N3OS/c1-7-13-15-21-51-95(89-93-77-47-45-75(103-11-5)59-81(77)113-89)91-61-69-57-67(35-49-79(69)111-87(101)65-31-27-63(28-32-65)85(99)109-73-41-37-71(38-42-73)105-53-23-17-19-25-55-107-83(97)9-3)68-36-50-80(70(58-68)62-92-96(52-22-16-14-8-2)90-94-78-48-46-76(104-12-6)60-82(78)114-90)112-88(102)66-33-29-64(30-34-66)86(100)110-74-43-39-72(40-44-74)106-54-24-18-20-26-56-108-84(98)10-4;1-3-5-6-7-10-18(16)15-17-13-9-8-12(19-4-2)11-14(13)20-15/h9-10,35-50,57-66H,3-4,7-8,11-34,51-56H2,1-2,5-6H3;8-9,11H,3-7,10,16H2,1-2H3/b91-61+,92-62+;. The molecule has 29 heteroatoms. The van der Waals surface area contributed by atoms with E-state index in [2.05, 4.69) is 38.9 Å². The summed E-state index contributed by atoms with van der Waals surface area (Å²) in [6, 6.07) is 42.9. The molecule has 0 amide bonds. The van der Waals surface area contributed by atoms with E-state index in [9.17, 15) is 28.8 Å². The smallest absolute Gasteiger partial charge is 0.330 e. The summed E-state index contributed by atoms with van der Waals surface area (Å²) in [5, 5.41) is 18.2. The number of aromatic nitrogens is 3. The van der Waals surface area contributed by atoms with E-state index in [1.54, 1.807) is 89.4 Å². The molecular formula is C105H131N9O17S3. The number of hydrazone groups is 2. The molecule has 0 bridgehead atoms. The second-order valence-electron chi connectivity index (χ2n) is 33.3. The second kappa shape index (κ2) is 55.8. The topological polar surface area (TPSA) is 303 Å². The minimum atomic E-state index is -0.492. The lowest BCUT2D eigenvalue weighted by Gasteiger charge is -2.26. The van der Waals surface area contributed by atoms with Crippen molar-refractivity contribution in [2.24, 2.45) is 39.7 Å². The monoisotopic (exact) mass is 1890 g/mol. The van der Waals surface area contributed by atoms with Crippen molar-refractivity contribution in [3.05, 3.63) is 176 Å². The Morgan fingerprint density at radius 3 is 1.02 bits per heavy atom. The maximum atomic E-state index is 14.5. The summed E-state index contributed by atoms with van der Waals surface area (Å²) in [5.41, 5.74) is 5.14. The number of hydrogen-bond donors (Lipinski definition) is 1. The van der Waals surface area contributed by atoms with Crippen molar-refractivity contribution in [3.8, 4) is 62.9 Å². The largest absolute Gasteiger partial charge is 0.494 e. The third-order valence-corrected chi connectivity index (χ3v) is 26.2. The molecule has 26 nitrogen and oxygen atoms in total. The van der Waals surface area contributed by atoms with Gasteiger partial charge in [0.2, 0.25) is 15.4 Å². The average Bonchev–Trinajstić information content (AvgIpc) is 1.02. The number of nitrogens with two attached hydrogens (primary N) is 1. The van der Waals surface area contributed by atoms with Gasteiger partial charge in [-0.15, -0.1) is 0 Å². The third kappa shape index (κ3) is 32.8. The summed E-state index contributed by atoms with van der Waals surface area (Å²) in [6.07, 6.45) is 28.8. The van der Waals surface area contributed by atoms with Gasteiger partial charge in [0.1, 0.15) is 51.7 Å². The van der Waals surface area contributed by atoms with Crippen LogP contribution in [0.15, 0.2) is 175 Å². The second-order valence-corrected chi connectivity index (χ2v) is 36.3. The number of thiazole rings is 3. The predicted molar refractivity (Wildman–Crippen MR) is 535 cm³/mol. The van der Waals surface area contributed by atoms with Gasteiger partial charge < -0.3 is 52.1 Å². The Balaban J connectivity index is 0.000000760. The van der Waals surface area contributed by atoms with Gasteiger partial charge in [-0.1, -0.05) is 138 Å². The van der Waals surface area contributed by atoms with E-state index in [1.165, 1.54) is 41.9 Å². The van der Waals surface area contributed by atoms with Crippen LogP contribution in [0.5, 0.6) is 51.7 Å². The van der Waals surface area contributed by atoms with Gasteiger partial charge in [-0.25, -0.2) is 40.4 Å². The van der Waals surface area contributed by atoms with Crippen LogP contribution in [0.3, 0.4) is 0 Å². The summed E-state index contributed by atoms with van der Waals surface area (Å²) in [6.45, 7) is 24.8. The number of benzene rings is 7. The first-order chi connectivity index (χ1) is 65.4. The Labute approximate surface area is 799 Å². The molecule has 0 saturated heterocycles. The first-order valence-corrected chi connectivity index (χ1v) is 50.3. The zero-order chi connectivity index (χ0) is 94.6. The fourth-order valence-corrected chi connectivity index (χ4v) is 18.5. The molecule has 12 rings (SSSR count). The Morgan fingerprint density at radius 1 is 0.358 bits per heavy atom. The molecule has 716 valence electrons. The van der Waals surface area contributed by atoms with Crippen molar-refractivity contribution in [1.82, 2.24) is 15.0 Å². The molecule has 7 aromatic carbocycles. The zero-order valence-corrected chi connectivity index (χ0v) is 81.0. The van der Waals surface area contributed by atoms with Crippen molar-refractivity contribution in [1.29, 1.82) is 0 Å². The highest BCUT2D eigenvalue weighted by Gasteiger charge is 2.35. The molecule has 134 heavy (non-hydrogen) atoms. The van der Waals surface area contributed by atoms with Crippen LogP contribution in [-0.2, 0) is 38.2 Å². The van der Waals surface area contributed by atoms with Crippen molar-refractivity contribution in [3.63, 3.8) is 0 Å². The number of nitrogens with zero attached hydrogens (tertiary/aromatic N) is 8.